The minimum Gasteiger partial charge on any atom is -0.480 e. The number of aliphatic carboxylic acids is 1. The third kappa shape index (κ3) is 3.43. The number of nitrogens with zero attached hydrogens (tertiary/aromatic N) is 1. The summed E-state index contributed by atoms with van der Waals surface area (Å²) in [5.74, 6) is -1.08. The van der Waals surface area contributed by atoms with Crippen LogP contribution in [0.4, 0.5) is 4.79 Å². The molecule has 0 spiro atoms. The van der Waals surface area contributed by atoms with Crippen molar-refractivity contribution in [1.82, 2.24) is 4.90 Å². The van der Waals surface area contributed by atoms with Crippen molar-refractivity contribution in [2.75, 3.05) is 13.2 Å². The van der Waals surface area contributed by atoms with E-state index in [1.165, 1.54) is 4.90 Å². The Morgan fingerprint density at radius 1 is 1.08 bits per heavy atom. The average Bonchev–Trinajstić information content (AvgIpc) is 2.97. The molecule has 1 atom stereocenters. The lowest BCUT2D eigenvalue weighted by atomic mass is 9.98. The Labute approximate surface area is 153 Å². The molecular weight excluding hydrogens is 330 g/mol. The van der Waals surface area contributed by atoms with E-state index in [4.69, 9.17) is 9.84 Å². The van der Waals surface area contributed by atoms with Crippen molar-refractivity contribution < 1.29 is 19.4 Å². The Morgan fingerprint density at radius 2 is 1.62 bits per heavy atom. The molecule has 1 aliphatic rings. The van der Waals surface area contributed by atoms with Gasteiger partial charge in [0, 0.05) is 12.0 Å². The fraction of sp³-hybridized carbons (Fsp3) is 0.333. The number of carbonyl (C=O) groups is 2. The topological polar surface area (TPSA) is 66.8 Å². The molecule has 0 aromatic heterocycles. The van der Waals surface area contributed by atoms with E-state index < -0.39 is 12.1 Å². The number of rotatable bonds is 6. The van der Waals surface area contributed by atoms with Crippen molar-refractivity contribution in [2.45, 2.75) is 32.2 Å². The van der Waals surface area contributed by atoms with E-state index in [-0.39, 0.29) is 25.1 Å². The zero-order valence-electron chi connectivity index (χ0n) is 15.0. The SMILES string of the molecule is CC[C@@H](C)N(CC(=O)O)C(=O)OCC1c2ccccc2-c2ccccc21. The van der Waals surface area contributed by atoms with Crippen molar-refractivity contribution in [3.05, 3.63) is 59.7 Å². The average molecular weight is 353 g/mol. The van der Waals surface area contributed by atoms with Gasteiger partial charge in [0.05, 0.1) is 0 Å². The Kier molecular flexibility index (Phi) is 5.26. The molecule has 2 aromatic carbocycles. The smallest absolute Gasteiger partial charge is 0.410 e. The van der Waals surface area contributed by atoms with Gasteiger partial charge in [-0.1, -0.05) is 55.5 Å². The van der Waals surface area contributed by atoms with E-state index in [0.717, 1.165) is 22.3 Å². The number of hydrogen-bond acceptors (Lipinski definition) is 3. The summed E-state index contributed by atoms with van der Waals surface area (Å²) in [5.41, 5.74) is 4.59. The van der Waals surface area contributed by atoms with Gasteiger partial charge < -0.3 is 9.84 Å². The standard InChI is InChI=1S/C21H23NO4/c1-3-14(2)22(12-20(23)24)21(25)26-13-19-17-10-6-4-8-15(17)16-9-5-7-11-18(16)19/h4-11,14,19H,3,12-13H2,1-2H3,(H,23,24)/t14-/m1/s1. The van der Waals surface area contributed by atoms with Crippen LogP contribution >= 0.6 is 0 Å². The maximum absolute atomic E-state index is 12.5. The number of ether oxygens (including phenoxy) is 1. The summed E-state index contributed by atoms with van der Waals surface area (Å²) in [5, 5.41) is 9.07. The summed E-state index contributed by atoms with van der Waals surface area (Å²) in [6, 6.07) is 16.0. The molecule has 1 amide bonds. The van der Waals surface area contributed by atoms with Crippen molar-refractivity contribution in [3.8, 4) is 11.1 Å². The van der Waals surface area contributed by atoms with E-state index in [2.05, 4.69) is 24.3 Å². The van der Waals surface area contributed by atoms with Gasteiger partial charge in [0.2, 0.25) is 0 Å². The third-order valence-corrected chi connectivity index (χ3v) is 5.00. The van der Waals surface area contributed by atoms with Crippen molar-refractivity contribution in [2.24, 2.45) is 0 Å². The molecule has 5 heteroatoms. The summed E-state index contributed by atoms with van der Waals surface area (Å²) in [6.07, 6.45) is 0.0842. The van der Waals surface area contributed by atoms with Gasteiger partial charge in [0.1, 0.15) is 13.2 Å². The second kappa shape index (κ2) is 7.60. The molecule has 0 aliphatic heterocycles. The van der Waals surface area contributed by atoms with Crippen LogP contribution in [0.25, 0.3) is 11.1 Å². The summed E-state index contributed by atoms with van der Waals surface area (Å²) < 4.78 is 5.55. The van der Waals surface area contributed by atoms with E-state index in [9.17, 15) is 9.59 Å². The van der Waals surface area contributed by atoms with Crippen LogP contribution in [0.1, 0.15) is 37.3 Å². The Morgan fingerprint density at radius 3 is 2.12 bits per heavy atom. The van der Waals surface area contributed by atoms with Crippen LogP contribution in [0, 0.1) is 0 Å². The first kappa shape index (κ1) is 18.0. The molecule has 0 radical (unpaired) electrons. The minimum absolute atomic E-state index is 0.0324. The normalized spacial score (nSPS) is 13.6. The van der Waals surface area contributed by atoms with E-state index in [1.54, 1.807) is 0 Å². The molecule has 0 saturated heterocycles. The molecule has 2 aromatic rings. The number of carboxylic acids is 1. The van der Waals surface area contributed by atoms with Crippen LogP contribution in [0.5, 0.6) is 0 Å². The zero-order chi connectivity index (χ0) is 18.7. The minimum atomic E-state index is -1.04. The van der Waals surface area contributed by atoms with Crippen molar-refractivity contribution in [3.63, 3.8) is 0 Å². The van der Waals surface area contributed by atoms with E-state index in [1.807, 2.05) is 38.1 Å². The lowest BCUT2D eigenvalue weighted by Gasteiger charge is -2.27. The van der Waals surface area contributed by atoms with Gasteiger partial charge in [-0.25, -0.2) is 4.79 Å². The summed E-state index contributed by atoms with van der Waals surface area (Å²) in [4.78, 5) is 24.8. The maximum atomic E-state index is 12.5. The molecular formula is C21H23NO4. The van der Waals surface area contributed by atoms with Gasteiger partial charge >= 0.3 is 12.1 Å². The number of benzene rings is 2. The highest BCUT2D eigenvalue weighted by molar-refractivity contribution is 5.79. The third-order valence-electron chi connectivity index (χ3n) is 5.00. The largest absolute Gasteiger partial charge is 0.480 e. The molecule has 0 bridgehead atoms. The molecule has 0 fully saturated rings. The molecule has 1 N–H and O–H groups in total. The first-order chi connectivity index (χ1) is 12.5. The number of amides is 1. The lowest BCUT2D eigenvalue weighted by Crippen LogP contribution is -2.42. The van der Waals surface area contributed by atoms with Crippen LogP contribution in [-0.4, -0.2) is 41.3 Å². The van der Waals surface area contributed by atoms with Crippen molar-refractivity contribution >= 4 is 12.1 Å². The molecule has 0 heterocycles. The second-order valence-electron chi connectivity index (χ2n) is 6.58. The molecule has 5 nitrogen and oxygen atoms in total. The predicted molar refractivity (Wildman–Crippen MR) is 99.2 cm³/mol. The highest BCUT2D eigenvalue weighted by Gasteiger charge is 2.30. The molecule has 136 valence electrons. The highest BCUT2D eigenvalue weighted by Crippen LogP contribution is 2.44. The number of carbonyl (C=O) groups excluding carboxylic acids is 1. The molecule has 1 aliphatic carbocycles. The summed E-state index contributed by atoms with van der Waals surface area (Å²) in [7, 11) is 0. The van der Waals surface area contributed by atoms with Gasteiger partial charge in [-0.3, -0.25) is 9.69 Å². The lowest BCUT2D eigenvalue weighted by molar-refractivity contribution is -0.138. The number of carboxylic acid groups (broad SMARTS) is 1. The fourth-order valence-electron chi connectivity index (χ4n) is 3.44. The molecule has 26 heavy (non-hydrogen) atoms. The van der Waals surface area contributed by atoms with Gasteiger partial charge in [0.15, 0.2) is 0 Å². The van der Waals surface area contributed by atoms with Gasteiger partial charge in [-0.2, -0.15) is 0 Å². The highest BCUT2D eigenvalue weighted by atomic mass is 16.6. The number of fused-ring (bicyclic) bond motifs is 3. The molecule has 0 unspecified atom stereocenters. The Hall–Kier alpha value is -2.82. The van der Waals surface area contributed by atoms with E-state index >= 15 is 0 Å². The van der Waals surface area contributed by atoms with Gasteiger partial charge in [-0.05, 0) is 35.6 Å². The van der Waals surface area contributed by atoms with Crippen LogP contribution in [0.15, 0.2) is 48.5 Å². The monoisotopic (exact) mass is 353 g/mol. The fourth-order valence-corrected chi connectivity index (χ4v) is 3.44. The van der Waals surface area contributed by atoms with Gasteiger partial charge in [0.25, 0.3) is 0 Å². The number of hydrogen-bond donors (Lipinski definition) is 1. The van der Waals surface area contributed by atoms with E-state index in [0.29, 0.717) is 6.42 Å². The zero-order valence-corrected chi connectivity index (χ0v) is 15.0. The molecule has 0 saturated carbocycles. The summed E-state index contributed by atoms with van der Waals surface area (Å²) >= 11 is 0. The van der Waals surface area contributed by atoms with Crippen LogP contribution in [-0.2, 0) is 9.53 Å². The summed E-state index contributed by atoms with van der Waals surface area (Å²) in [6.45, 7) is 3.58. The van der Waals surface area contributed by atoms with Crippen LogP contribution in [0.2, 0.25) is 0 Å². The maximum Gasteiger partial charge on any atom is 0.410 e. The molecule has 3 rings (SSSR count). The van der Waals surface area contributed by atoms with Crippen molar-refractivity contribution in [1.29, 1.82) is 0 Å². The second-order valence-corrected chi connectivity index (χ2v) is 6.58. The Balaban J connectivity index is 1.79. The quantitative estimate of drug-likeness (QED) is 0.848. The van der Waals surface area contributed by atoms with Gasteiger partial charge in [-0.15, -0.1) is 0 Å². The first-order valence-corrected chi connectivity index (χ1v) is 8.86. The predicted octanol–water partition coefficient (Wildman–Crippen LogP) is 4.12. The Bertz CT molecular complexity index is 772. The first-order valence-electron chi connectivity index (χ1n) is 8.86. The van der Waals surface area contributed by atoms with Crippen LogP contribution < -0.4 is 0 Å². The van der Waals surface area contributed by atoms with Crippen LogP contribution in [0.3, 0.4) is 0 Å².